The Balaban J connectivity index is 2.13. The summed E-state index contributed by atoms with van der Waals surface area (Å²) in [6.45, 7) is 0. The van der Waals surface area contributed by atoms with E-state index in [1.165, 1.54) is 0 Å². The average Bonchev–Trinajstić information content (AvgIpc) is 2.84. The Hall–Kier alpha value is -1.57. The number of carboxylic acid groups (broad SMARTS) is 1. The van der Waals surface area contributed by atoms with Crippen molar-refractivity contribution in [1.82, 2.24) is 0 Å². The lowest BCUT2D eigenvalue weighted by atomic mass is 10.1. The summed E-state index contributed by atoms with van der Waals surface area (Å²) in [7, 11) is 0. The maximum absolute atomic E-state index is 10.5. The number of aliphatic carboxylic acids is 1. The van der Waals surface area contributed by atoms with Gasteiger partial charge in [-0.2, -0.15) is 0 Å². The Morgan fingerprint density at radius 2 is 1.92 bits per heavy atom. The first-order valence-electron chi connectivity index (χ1n) is 3.79. The Labute approximate surface area is 70.2 Å². The Bertz CT molecular complexity index is 338. The second-order valence-corrected chi connectivity index (χ2v) is 2.82. The molecule has 1 aliphatic carbocycles. The summed E-state index contributed by atoms with van der Waals surface area (Å²) in [5.41, 5.74) is 1.58. The van der Waals surface area contributed by atoms with Crippen LogP contribution in [0.25, 0.3) is 0 Å². The highest BCUT2D eigenvalue weighted by molar-refractivity contribution is 5.94. The van der Waals surface area contributed by atoms with Gasteiger partial charge in [0.2, 0.25) is 0 Å². The van der Waals surface area contributed by atoms with Gasteiger partial charge >= 0.3 is 5.97 Å². The normalized spacial score (nSPS) is 20.0. The quantitative estimate of drug-likeness (QED) is 0.716. The summed E-state index contributed by atoms with van der Waals surface area (Å²) in [5.74, 6) is -0.743. The molecule has 12 heavy (non-hydrogen) atoms. The first-order valence-corrected chi connectivity index (χ1v) is 3.79. The van der Waals surface area contributed by atoms with Crippen LogP contribution >= 0.6 is 0 Å². The molecule has 0 aliphatic heterocycles. The van der Waals surface area contributed by atoms with Gasteiger partial charge in [0.1, 0.15) is 0 Å². The predicted molar refractivity (Wildman–Crippen MR) is 44.9 cm³/mol. The highest BCUT2D eigenvalue weighted by atomic mass is 16.4. The van der Waals surface area contributed by atoms with E-state index in [0.717, 1.165) is 5.56 Å². The van der Waals surface area contributed by atoms with E-state index in [1.807, 2.05) is 30.3 Å². The molecule has 0 fully saturated rings. The zero-order chi connectivity index (χ0) is 8.55. The van der Waals surface area contributed by atoms with Crippen LogP contribution in [0.1, 0.15) is 11.5 Å². The van der Waals surface area contributed by atoms with Gasteiger partial charge in [0.05, 0.1) is 0 Å². The van der Waals surface area contributed by atoms with Crippen molar-refractivity contribution in [2.75, 3.05) is 0 Å². The summed E-state index contributed by atoms with van der Waals surface area (Å²) in [5, 5.41) is 8.62. The van der Waals surface area contributed by atoms with Gasteiger partial charge in [-0.1, -0.05) is 36.4 Å². The lowest BCUT2D eigenvalue weighted by molar-refractivity contribution is -0.132. The van der Waals surface area contributed by atoms with Crippen LogP contribution in [0.15, 0.2) is 42.0 Å². The summed E-state index contributed by atoms with van der Waals surface area (Å²) in [6, 6.07) is 9.64. The molecule has 1 aliphatic rings. The maximum Gasteiger partial charge on any atom is 0.332 e. The maximum atomic E-state index is 10.5. The molecule has 2 nitrogen and oxygen atoms in total. The molecule has 60 valence electrons. The lowest BCUT2D eigenvalue weighted by Gasteiger charge is -1.96. The van der Waals surface area contributed by atoms with Crippen molar-refractivity contribution in [1.29, 1.82) is 0 Å². The Morgan fingerprint density at radius 3 is 2.42 bits per heavy atom. The van der Waals surface area contributed by atoms with Crippen LogP contribution in [0, 0.1) is 0 Å². The van der Waals surface area contributed by atoms with E-state index in [0.29, 0.717) is 5.57 Å². The molecule has 1 N–H and O–H groups in total. The van der Waals surface area contributed by atoms with Crippen LogP contribution < -0.4 is 0 Å². The van der Waals surface area contributed by atoms with Gasteiger partial charge in [0.15, 0.2) is 0 Å². The molecule has 2 heteroatoms. The highest BCUT2D eigenvalue weighted by Crippen LogP contribution is 2.38. The number of hydrogen-bond donors (Lipinski definition) is 1. The topological polar surface area (TPSA) is 37.3 Å². The highest BCUT2D eigenvalue weighted by Gasteiger charge is 2.31. The van der Waals surface area contributed by atoms with E-state index in [2.05, 4.69) is 0 Å². The van der Waals surface area contributed by atoms with Gasteiger partial charge in [-0.3, -0.25) is 0 Å². The van der Waals surface area contributed by atoms with Crippen molar-refractivity contribution in [2.24, 2.45) is 0 Å². The summed E-state index contributed by atoms with van der Waals surface area (Å²) in [4.78, 5) is 10.5. The second kappa shape index (κ2) is 2.48. The molecule has 0 bridgehead atoms. The molecule has 1 aromatic carbocycles. The third-order valence-electron chi connectivity index (χ3n) is 1.98. The van der Waals surface area contributed by atoms with Crippen LogP contribution in [0.3, 0.4) is 0 Å². The number of carboxylic acids is 1. The van der Waals surface area contributed by atoms with E-state index in [4.69, 9.17) is 5.11 Å². The SMILES string of the molecule is O=C(O)C1=C[C@H]1c1ccccc1. The molecule has 0 aromatic heterocycles. The first kappa shape index (κ1) is 7.10. The third-order valence-corrected chi connectivity index (χ3v) is 1.98. The number of benzene rings is 1. The lowest BCUT2D eigenvalue weighted by Crippen LogP contribution is -1.94. The van der Waals surface area contributed by atoms with Crippen LogP contribution in [-0.4, -0.2) is 11.1 Å². The van der Waals surface area contributed by atoms with Gasteiger partial charge in [0.25, 0.3) is 0 Å². The molecule has 1 aromatic rings. The third kappa shape index (κ3) is 1.11. The number of allylic oxidation sites excluding steroid dienone is 1. The van der Waals surface area contributed by atoms with Crippen molar-refractivity contribution in [3.63, 3.8) is 0 Å². The molecule has 0 spiro atoms. The second-order valence-electron chi connectivity index (χ2n) is 2.82. The molecule has 0 radical (unpaired) electrons. The van der Waals surface area contributed by atoms with Gasteiger partial charge in [-0.25, -0.2) is 4.79 Å². The molecule has 2 rings (SSSR count). The minimum absolute atomic E-state index is 0.0590. The van der Waals surface area contributed by atoms with Crippen molar-refractivity contribution in [3.8, 4) is 0 Å². The minimum Gasteiger partial charge on any atom is -0.478 e. The minimum atomic E-state index is -0.802. The fourth-order valence-electron chi connectivity index (χ4n) is 1.27. The number of hydrogen-bond acceptors (Lipinski definition) is 1. The van der Waals surface area contributed by atoms with Crippen LogP contribution in [-0.2, 0) is 4.79 Å². The zero-order valence-corrected chi connectivity index (χ0v) is 6.40. The Kier molecular flexibility index (Phi) is 1.47. The first-order chi connectivity index (χ1) is 5.79. The summed E-state index contributed by atoms with van der Waals surface area (Å²) >= 11 is 0. The molecule has 1 atom stereocenters. The van der Waals surface area contributed by atoms with Crippen LogP contribution in [0.5, 0.6) is 0 Å². The molecular formula is C10H8O2. The van der Waals surface area contributed by atoms with Crippen LogP contribution in [0.2, 0.25) is 0 Å². The monoisotopic (exact) mass is 160 g/mol. The number of rotatable bonds is 2. The fraction of sp³-hybridized carbons (Fsp3) is 0.100. The molecule has 0 heterocycles. The fourth-order valence-corrected chi connectivity index (χ4v) is 1.27. The van der Waals surface area contributed by atoms with E-state index < -0.39 is 5.97 Å². The van der Waals surface area contributed by atoms with Crippen molar-refractivity contribution in [3.05, 3.63) is 47.5 Å². The summed E-state index contributed by atoms with van der Waals surface area (Å²) in [6.07, 6.45) is 1.76. The van der Waals surface area contributed by atoms with Gasteiger partial charge in [0, 0.05) is 11.5 Å². The van der Waals surface area contributed by atoms with Crippen molar-refractivity contribution >= 4 is 5.97 Å². The standard InChI is InChI=1S/C10H8O2/c11-10(12)9-6-8(9)7-4-2-1-3-5-7/h1-6,8H,(H,11,12)/t8-/m0/s1. The van der Waals surface area contributed by atoms with Crippen molar-refractivity contribution in [2.45, 2.75) is 5.92 Å². The van der Waals surface area contributed by atoms with Gasteiger partial charge in [-0.15, -0.1) is 0 Å². The zero-order valence-electron chi connectivity index (χ0n) is 6.40. The van der Waals surface area contributed by atoms with E-state index >= 15 is 0 Å². The number of carbonyl (C=O) groups is 1. The Morgan fingerprint density at radius 1 is 1.25 bits per heavy atom. The smallest absolute Gasteiger partial charge is 0.332 e. The average molecular weight is 160 g/mol. The van der Waals surface area contributed by atoms with Gasteiger partial charge in [-0.05, 0) is 5.56 Å². The largest absolute Gasteiger partial charge is 0.478 e. The molecule has 0 amide bonds. The molecule has 0 saturated heterocycles. The van der Waals surface area contributed by atoms with E-state index in [9.17, 15) is 4.79 Å². The van der Waals surface area contributed by atoms with Crippen molar-refractivity contribution < 1.29 is 9.90 Å². The predicted octanol–water partition coefficient (Wildman–Crippen LogP) is 1.79. The van der Waals surface area contributed by atoms with Gasteiger partial charge < -0.3 is 5.11 Å². The molecular weight excluding hydrogens is 152 g/mol. The molecule has 0 saturated carbocycles. The van der Waals surface area contributed by atoms with E-state index in [1.54, 1.807) is 6.08 Å². The van der Waals surface area contributed by atoms with E-state index in [-0.39, 0.29) is 5.92 Å². The molecule has 0 unspecified atom stereocenters. The summed E-state index contributed by atoms with van der Waals surface area (Å²) < 4.78 is 0. The van der Waals surface area contributed by atoms with Crippen LogP contribution in [0.4, 0.5) is 0 Å².